The fourth-order valence-electron chi connectivity index (χ4n) is 17.3. The molecule has 13 heteroatoms. The second-order valence-electron chi connectivity index (χ2n) is 31.0. The number of para-hydroxylation sites is 6. The molecule has 12 aromatic rings. The molecule has 0 spiro atoms. The molecule has 558 valence electrons. The van der Waals surface area contributed by atoms with Crippen molar-refractivity contribution in [2.45, 2.75) is 154 Å². The van der Waals surface area contributed by atoms with Gasteiger partial charge in [0.1, 0.15) is 22.8 Å². The van der Waals surface area contributed by atoms with E-state index in [4.69, 9.17) is 0 Å². The number of anilines is 12. The minimum Gasteiger partial charge on any atom is -0.333 e. The lowest BCUT2D eigenvalue weighted by Crippen LogP contribution is -2.47. The third kappa shape index (κ3) is 13.9. The zero-order valence-electron chi connectivity index (χ0n) is 68.7. The summed E-state index contributed by atoms with van der Waals surface area (Å²) in [4.78, 5) is 23.7. The maximum absolute atomic E-state index is 4.35. The van der Waals surface area contributed by atoms with Gasteiger partial charge in [0, 0.05) is 78.9 Å². The molecule has 4 atom stereocenters. The van der Waals surface area contributed by atoms with E-state index in [2.05, 4.69) is 441 Å². The summed E-state index contributed by atoms with van der Waals surface area (Å²) in [5, 5.41) is 0. The molecule has 4 aliphatic rings. The SMILES string of the molecule is Cc1cc(C)c(-c2cccc(N3c4ccccc4N(C(C)C)[C@H]3C)[n+]2C)cc1C.Cc1ccc(C)c(-c2cccc(N3c4ccccc4N(C(C)C)[C@H]3C)[n+]2C)c1.Cc1ccc(C)c(-c2cccc(N3c4ccccc4N(C)[C@H]3C)[n+]2C)c1C.Cc1ccccc1-c1cccc(N2c3cnccc3N(C)[C@H]2C)[n+]1C. The van der Waals surface area contributed by atoms with Crippen molar-refractivity contribution < 1.29 is 18.3 Å². The number of nitrogens with zero attached hydrogens (tertiary/aromatic N) is 13. The predicted octanol–water partition coefficient (Wildman–Crippen LogP) is 20.2. The predicted molar refractivity (Wildman–Crippen MR) is 457 cm³/mol. The smallest absolute Gasteiger partial charge is 0.283 e. The highest BCUT2D eigenvalue weighted by Crippen LogP contribution is 2.48. The van der Waals surface area contributed by atoms with Crippen molar-refractivity contribution in [3.63, 3.8) is 0 Å². The van der Waals surface area contributed by atoms with Crippen molar-refractivity contribution >= 4 is 68.8 Å². The molecule has 5 aromatic heterocycles. The van der Waals surface area contributed by atoms with Crippen LogP contribution >= 0.6 is 0 Å². The average molecular weight is 1450 g/mol. The largest absolute Gasteiger partial charge is 0.333 e. The Morgan fingerprint density at radius 2 is 0.670 bits per heavy atom. The van der Waals surface area contributed by atoms with Gasteiger partial charge in [-0.3, -0.25) is 4.98 Å². The Hall–Kier alpha value is -11.3. The van der Waals surface area contributed by atoms with Crippen LogP contribution < -0.4 is 57.5 Å². The van der Waals surface area contributed by atoms with E-state index in [1.807, 2.05) is 12.4 Å². The molecule has 0 radical (unpaired) electrons. The number of hydrogen-bond acceptors (Lipinski definition) is 9. The lowest BCUT2D eigenvalue weighted by atomic mass is 9.95. The Balaban J connectivity index is 0.000000128. The standard InChI is InChI=1S/C26H32N3.C25H30N3.C24H28N3.C21H23N4/c1-17(2)28-21(6)29(25-12-9-8-11-24(25)28)26-14-10-13-23(27(26)7)22-16-19(4)18(3)15-20(22)5;1-17(2)27-20(5)28(24-11-8-7-10-23(24)27)25-13-9-12-22(26(25)6)21-16-18(3)14-15-19(21)4;1-16-14-15-17(2)24(18(16)3)22-12-9-13-23(26(22)6)27-19(4)25(5)20-10-7-8-11-21(20)27;1-15-8-5-6-9-17(15)18-10-7-11-21(24(18)4)25-16(2)23(3)19-12-13-22-14-20(19)25/h8-17,21H,1-7H3;7-17,20H,1-6H3;7-15,19H,1-6H3;5-14,16H,1-4H3/q4*+1/t21-;20-;19-;16-/m1111/s1. The van der Waals surface area contributed by atoms with Crippen LogP contribution in [0.15, 0.2) is 231 Å². The number of aromatic nitrogens is 5. The summed E-state index contributed by atoms with van der Waals surface area (Å²) in [6.07, 6.45) is 4.83. The highest BCUT2D eigenvalue weighted by molar-refractivity contribution is 5.86. The van der Waals surface area contributed by atoms with Crippen molar-refractivity contribution in [2.24, 2.45) is 28.2 Å². The molecule has 13 nitrogen and oxygen atoms in total. The Labute approximate surface area is 650 Å². The monoisotopic (exact) mass is 1450 g/mol. The van der Waals surface area contributed by atoms with E-state index in [1.54, 1.807) is 0 Å². The molecular weight excluding hydrogens is 1340 g/mol. The summed E-state index contributed by atoms with van der Waals surface area (Å²) in [5.41, 5.74) is 32.1. The van der Waals surface area contributed by atoms with Crippen molar-refractivity contribution in [1.29, 1.82) is 0 Å². The van der Waals surface area contributed by atoms with E-state index >= 15 is 0 Å². The number of aryl methyl sites for hydroxylation is 8. The van der Waals surface area contributed by atoms with Gasteiger partial charge in [0.05, 0.1) is 57.1 Å². The summed E-state index contributed by atoms with van der Waals surface area (Å²) in [5.74, 6) is 4.79. The van der Waals surface area contributed by atoms with E-state index in [1.165, 1.54) is 152 Å². The van der Waals surface area contributed by atoms with Crippen LogP contribution in [-0.4, -0.2) is 55.8 Å². The van der Waals surface area contributed by atoms with Crippen molar-refractivity contribution in [3.05, 3.63) is 281 Å². The molecular formula is C96H113N13+4. The van der Waals surface area contributed by atoms with Crippen LogP contribution in [0.4, 0.5) is 68.8 Å². The maximum atomic E-state index is 4.35. The van der Waals surface area contributed by atoms with Gasteiger partial charge < -0.3 is 19.6 Å². The third-order valence-corrected chi connectivity index (χ3v) is 23.5. The normalized spacial score (nSPS) is 16.0. The van der Waals surface area contributed by atoms with E-state index in [0.717, 1.165) is 11.5 Å². The molecule has 4 aliphatic heterocycles. The van der Waals surface area contributed by atoms with Crippen LogP contribution in [0, 0.1) is 62.3 Å². The third-order valence-electron chi connectivity index (χ3n) is 23.5. The minimum absolute atomic E-state index is 0.234. The molecule has 9 heterocycles. The molecule has 0 N–H and O–H groups in total. The van der Waals surface area contributed by atoms with Crippen molar-refractivity contribution in [2.75, 3.05) is 53.3 Å². The molecule has 0 unspecified atom stereocenters. The lowest BCUT2D eigenvalue weighted by Gasteiger charge is -2.29. The zero-order valence-corrected chi connectivity index (χ0v) is 68.7. The van der Waals surface area contributed by atoms with Crippen LogP contribution in [0.1, 0.15) is 105 Å². The lowest BCUT2D eigenvalue weighted by molar-refractivity contribution is -0.647. The van der Waals surface area contributed by atoms with Gasteiger partial charge in [-0.1, -0.05) is 96.6 Å². The van der Waals surface area contributed by atoms with E-state index in [-0.39, 0.29) is 24.7 Å². The molecule has 0 saturated heterocycles. The number of rotatable bonds is 10. The molecule has 16 rings (SSSR count). The number of hydrogen-bond donors (Lipinski definition) is 0. The molecule has 109 heavy (non-hydrogen) atoms. The van der Waals surface area contributed by atoms with Gasteiger partial charge in [-0.2, -0.15) is 0 Å². The van der Waals surface area contributed by atoms with Gasteiger partial charge in [-0.15, -0.1) is 0 Å². The Kier molecular flexibility index (Phi) is 21.7. The summed E-state index contributed by atoms with van der Waals surface area (Å²) in [7, 11) is 13.0. The quantitative estimate of drug-likeness (QED) is 0.125. The number of fused-ring (bicyclic) bond motifs is 4. The van der Waals surface area contributed by atoms with Crippen LogP contribution in [0.2, 0.25) is 0 Å². The Bertz CT molecular complexity index is 5370. The average Bonchev–Trinajstić information content (AvgIpc) is 1.65. The molecule has 0 fully saturated rings. The van der Waals surface area contributed by atoms with E-state index in [9.17, 15) is 0 Å². The first kappa shape index (κ1) is 75.9. The topological polar surface area (TPSA) is 54.3 Å². The van der Waals surface area contributed by atoms with Gasteiger partial charge in [0.2, 0.25) is 0 Å². The second kappa shape index (κ2) is 31.1. The maximum Gasteiger partial charge on any atom is 0.283 e. The molecule has 0 saturated carbocycles. The summed E-state index contributed by atoms with van der Waals surface area (Å²) >= 11 is 0. The highest BCUT2D eigenvalue weighted by Gasteiger charge is 2.45. The van der Waals surface area contributed by atoms with Crippen molar-refractivity contribution in [3.8, 4) is 45.0 Å². The van der Waals surface area contributed by atoms with Gasteiger partial charge >= 0.3 is 0 Å². The van der Waals surface area contributed by atoms with Crippen LogP contribution in [0.25, 0.3) is 45.0 Å². The van der Waals surface area contributed by atoms with E-state index < -0.39 is 0 Å². The molecule has 0 aliphatic carbocycles. The second-order valence-corrected chi connectivity index (χ2v) is 31.0. The first-order chi connectivity index (χ1) is 52.2. The van der Waals surface area contributed by atoms with Crippen LogP contribution in [0.3, 0.4) is 0 Å². The molecule has 7 aromatic carbocycles. The summed E-state index contributed by atoms with van der Waals surface area (Å²) in [6.45, 7) is 37.9. The fourth-order valence-corrected chi connectivity index (χ4v) is 17.3. The van der Waals surface area contributed by atoms with Crippen LogP contribution in [0.5, 0.6) is 0 Å². The molecule has 0 amide bonds. The molecule has 0 bridgehead atoms. The number of benzene rings is 7. The Morgan fingerprint density at radius 3 is 1.17 bits per heavy atom. The fraction of sp³-hybridized carbons (Fsp3) is 0.302. The zero-order chi connectivity index (χ0) is 77.7. The Morgan fingerprint density at radius 1 is 0.303 bits per heavy atom. The van der Waals surface area contributed by atoms with Gasteiger partial charge in [0.15, 0.2) is 47.4 Å². The van der Waals surface area contributed by atoms with Gasteiger partial charge in [-0.05, 0) is 265 Å². The van der Waals surface area contributed by atoms with Gasteiger partial charge in [-0.25, -0.2) is 37.9 Å². The summed E-state index contributed by atoms with van der Waals surface area (Å²) < 4.78 is 9.28. The van der Waals surface area contributed by atoms with Gasteiger partial charge in [0.25, 0.3) is 23.3 Å². The van der Waals surface area contributed by atoms with E-state index in [0.29, 0.717) is 12.1 Å². The summed E-state index contributed by atoms with van der Waals surface area (Å²) in [6, 6.07) is 79.8. The number of pyridine rings is 5. The highest BCUT2D eigenvalue weighted by atomic mass is 15.5. The van der Waals surface area contributed by atoms with Crippen molar-refractivity contribution in [1.82, 2.24) is 4.98 Å². The first-order valence-corrected chi connectivity index (χ1v) is 38.9. The van der Waals surface area contributed by atoms with Crippen LogP contribution in [-0.2, 0) is 28.2 Å². The first-order valence-electron chi connectivity index (χ1n) is 38.9. The minimum atomic E-state index is 0.234.